The van der Waals surface area contributed by atoms with Crippen LogP contribution in [0.4, 0.5) is 5.69 Å². The van der Waals surface area contributed by atoms with Crippen molar-refractivity contribution in [3.8, 4) is 17.0 Å². The van der Waals surface area contributed by atoms with Crippen molar-refractivity contribution in [1.82, 2.24) is 4.57 Å². The molecule has 1 aromatic heterocycles. The van der Waals surface area contributed by atoms with Gasteiger partial charge in [0.15, 0.2) is 4.80 Å². The monoisotopic (exact) mass is 386 g/mol. The first-order chi connectivity index (χ1) is 13.8. The Hall–Kier alpha value is -3.11. The molecule has 4 rings (SSSR count). The van der Waals surface area contributed by atoms with Gasteiger partial charge in [0, 0.05) is 11.9 Å². The highest BCUT2D eigenvalue weighted by Gasteiger charge is 2.09. The molecule has 140 valence electrons. The minimum atomic E-state index is 0.865. The van der Waals surface area contributed by atoms with Gasteiger partial charge in [-0.2, -0.15) is 0 Å². The van der Waals surface area contributed by atoms with Crippen LogP contribution in [0.15, 0.2) is 95.3 Å². The molecule has 0 atom stereocenters. The average molecular weight is 387 g/mol. The number of aromatic nitrogens is 1. The molecule has 0 bridgehead atoms. The van der Waals surface area contributed by atoms with Crippen LogP contribution in [-0.4, -0.2) is 11.7 Å². The van der Waals surface area contributed by atoms with E-state index in [4.69, 9.17) is 9.73 Å². The molecule has 0 unspecified atom stereocenters. The summed E-state index contributed by atoms with van der Waals surface area (Å²) in [5.41, 5.74) is 4.64. The van der Waals surface area contributed by atoms with Crippen LogP contribution in [0.25, 0.3) is 11.3 Å². The van der Waals surface area contributed by atoms with E-state index in [0.717, 1.165) is 29.2 Å². The van der Waals surface area contributed by atoms with Crippen molar-refractivity contribution in [3.05, 3.63) is 101 Å². The summed E-state index contributed by atoms with van der Waals surface area (Å²) < 4.78 is 7.61. The molecule has 1 heterocycles. The van der Waals surface area contributed by atoms with Crippen molar-refractivity contribution in [2.24, 2.45) is 4.99 Å². The number of hydrogen-bond donors (Lipinski definition) is 0. The molecule has 0 N–H and O–H groups in total. The number of nitrogens with zero attached hydrogens (tertiary/aromatic N) is 2. The first kappa shape index (κ1) is 18.3. The van der Waals surface area contributed by atoms with Gasteiger partial charge in [-0.1, -0.05) is 48.5 Å². The van der Waals surface area contributed by atoms with E-state index in [-0.39, 0.29) is 0 Å². The molecule has 0 spiro atoms. The molecule has 4 aromatic rings. The topological polar surface area (TPSA) is 26.5 Å². The third-order valence-electron chi connectivity index (χ3n) is 4.63. The van der Waals surface area contributed by atoms with Crippen molar-refractivity contribution >= 4 is 17.0 Å². The molecule has 3 nitrogen and oxygen atoms in total. The second kappa shape index (κ2) is 8.72. The molecule has 0 saturated heterocycles. The van der Waals surface area contributed by atoms with E-state index in [1.54, 1.807) is 18.4 Å². The fourth-order valence-electron chi connectivity index (χ4n) is 3.13. The van der Waals surface area contributed by atoms with E-state index in [1.165, 1.54) is 16.8 Å². The minimum Gasteiger partial charge on any atom is -0.497 e. The Morgan fingerprint density at radius 3 is 2.21 bits per heavy atom. The van der Waals surface area contributed by atoms with E-state index in [0.29, 0.717) is 0 Å². The van der Waals surface area contributed by atoms with E-state index >= 15 is 0 Å². The highest BCUT2D eigenvalue weighted by Crippen LogP contribution is 2.24. The lowest BCUT2D eigenvalue weighted by Gasteiger charge is -2.10. The van der Waals surface area contributed by atoms with Crippen LogP contribution in [0.1, 0.15) is 5.56 Å². The molecule has 3 aromatic carbocycles. The number of aryl methyl sites for hydroxylation is 1. The van der Waals surface area contributed by atoms with E-state index < -0.39 is 0 Å². The maximum Gasteiger partial charge on any atom is 0.190 e. The fourth-order valence-corrected chi connectivity index (χ4v) is 4.08. The zero-order valence-corrected chi connectivity index (χ0v) is 16.6. The number of methoxy groups -OCH3 is 1. The molecule has 4 heteroatoms. The zero-order valence-electron chi connectivity index (χ0n) is 15.8. The lowest BCUT2D eigenvalue weighted by Crippen LogP contribution is -2.17. The Labute approximate surface area is 169 Å². The van der Waals surface area contributed by atoms with Gasteiger partial charge in [-0.05, 0) is 53.9 Å². The molecule has 0 amide bonds. The van der Waals surface area contributed by atoms with Crippen LogP contribution >= 0.6 is 11.3 Å². The maximum atomic E-state index is 5.30. The molecular formula is C24H22N2OS. The third kappa shape index (κ3) is 4.24. The normalized spacial score (nSPS) is 11.5. The lowest BCUT2D eigenvalue weighted by atomic mass is 10.1. The zero-order chi connectivity index (χ0) is 19.2. The Bertz CT molecular complexity index is 1080. The van der Waals surface area contributed by atoms with E-state index in [1.807, 2.05) is 42.5 Å². The fraction of sp³-hybridized carbons (Fsp3) is 0.125. The van der Waals surface area contributed by atoms with Crippen molar-refractivity contribution in [2.45, 2.75) is 13.0 Å². The van der Waals surface area contributed by atoms with Gasteiger partial charge in [-0.3, -0.25) is 0 Å². The first-order valence-electron chi connectivity index (χ1n) is 9.30. The molecule has 0 saturated carbocycles. The molecule has 0 aliphatic heterocycles. The number of rotatable bonds is 6. The van der Waals surface area contributed by atoms with Crippen LogP contribution in [0.2, 0.25) is 0 Å². The third-order valence-corrected chi connectivity index (χ3v) is 5.49. The van der Waals surface area contributed by atoms with Gasteiger partial charge in [-0.15, -0.1) is 11.3 Å². The SMILES string of the molecule is COc1ccc(-c2csc(=Nc3ccccc3)n2CCc2ccccc2)cc1. The molecule has 0 radical (unpaired) electrons. The predicted octanol–water partition coefficient (Wildman–Crippen LogP) is 5.70. The Kier molecular flexibility index (Phi) is 5.69. The standard InChI is InChI=1S/C24H22N2OS/c1-27-22-14-12-20(13-15-22)23-18-28-24(25-21-10-6-3-7-11-21)26(23)17-16-19-8-4-2-5-9-19/h2-15,18H,16-17H2,1H3. The molecular weight excluding hydrogens is 364 g/mol. The number of para-hydroxylation sites is 1. The molecule has 28 heavy (non-hydrogen) atoms. The van der Waals surface area contributed by atoms with Gasteiger partial charge < -0.3 is 9.30 Å². The largest absolute Gasteiger partial charge is 0.497 e. The summed E-state index contributed by atoms with van der Waals surface area (Å²) in [6, 6.07) is 28.9. The van der Waals surface area contributed by atoms with Crippen LogP contribution in [0, 0.1) is 0 Å². The lowest BCUT2D eigenvalue weighted by molar-refractivity contribution is 0.415. The summed E-state index contributed by atoms with van der Waals surface area (Å²) in [4.78, 5) is 5.90. The number of ether oxygens (including phenoxy) is 1. The summed E-state index contributed by atoms with van der Waals surface area (Å²) in [5.74, 6) is 0.865. The van der Waals surface area contributed by atoms with Crippen LogP contribution in [0.5, 0.6) is 5.75 Å². The second-order valence-electron chi connectivity index (χ2n) is 6.47. The van der Waals surface area contributed by atoms with Crippen LogP contribution < -0.4 is 9.54 Å². The van der Waals surface area contributed by atoms with Crippen LogP contribution in [0.3, 0.4) is 0 Å². The van der Waals surface area contributed by atoms with Crippen molar-refractivity contribution in [2.75, 3.05) is 7.11 Å². The summed E-state index contributed by atoms with van der Waals surface area (Å²) in [6.07, 6.45) is 0.961. The van der Waals surface area contributed by atoms with E-state index in [9.17, 15) is 0 Å². The first-order valence-corrected chi connectivity index (χ1v) is 10.2. The highest BCUT2D eigenvalue weighted by molar-refractivity contribution is 7.07. The smallest absolute Gasteiger partial charge is 0.190 e. The number of benzene rings is 3. The van der Waals surface area contributed by atoms with Gasteiger partial charge in [-0.25, -0.2) is 4.99 Å². The summed E-state index contributed by atoms with van der Waals surface area (Å²) >= 11 is 1.68. The minimum absolute atomic E-state index is 0.865. The number of thiazole rings is 1. The van der Waals surface area contributed by atoms with Gasteiger partial charge in [0.2, 0.25) is 0 Å². The Morgan fingerprint density at radius 1 is 0.857 bits per heavy atom. The number of hydrogen-bond acceptors (Lipinski definition) is 3. The van der Waals surface area contributed by atoms with Crippen LogP contribution in [-0.2, 0) is 13.0 Å². The van der Waals surface area contributed by atoms with E-state index in [2.05, 4.69) is 52.4 Å². The van der Waals surface area contributed by atoms with Crippen molar-refractivity contribution in [1.29, 1.82) is 0 Å². The summed E-state index contributed by atoms with van der Waals surface area (Å²) in [7, 11) is 1.69. The van der Waals surface area contributed by atoms with Gasteiger partial charge in [0.25, 0.3) is 0 Å². The quantitative estimate of drug-likeness (QED) is 0.417. The Balaban J connectivity index is 1.74. The summed E-state index contributed by atoms with van der Waals surface area (Å²) in [6.45, 7) is 0.876. The van der Waals surface area contributed by atoms with Gasteiger partial charge in [0.05, 0.1) is 18.5 Å². The Morgan fingerprint density at radius 2 is 1.54 bits per heavy atom. The highest BCUT2D eigenvalue weighted by atomic mass is 32.1. The predicted molar refractivity (Wildman–Crippen MR) is 116 cm³/mol. The molecule has 0 aliphatic carbocycles. The second-order valence-corrected chi connectivity index (χ2v) is 7.30. The van der Waals surface area contributed by atoms with Gasteiger partial charge >= 0.3 is 0 Å². The maximum absolute atomic E-state index is 5.30. The molecule has 0 fully saturated rings. The molecule has 0 aliphatic rings. The average Bonchev–Trinajstić information content (AvgIpc) is 3.16. The summed E-state index contributed by atoms with van der Waals surface area (Å²) in [5, 5.41) is 2.19. The van der Waals surface area contributed by atoms with Crippen molar-refractivity contribution in [3.63, 3.8) is 0 Å². The van der Waals surface area contributed by atoms with Crippen molar-refractivity contribution < 1.29 is 4.74 Å². The van der Waals surface area contributed by atoms with Gasteiger partial charge in [0.1, 0.15) is 5.75 Å².